The van der Waals surface area contributed by atoms with Crippen molar-refractivity contribution in [2.45, 2.75) is 6.04 Å². The minimum atomic E-state index is -0.179. The number of nitrogens with zero attached hydrogens (tertiary/aromatic N) is 5. The van der Waals surface area contributed by atoms with Crippen LogP contribution in [0.1, 0.15) is 0 Å². The van der Waals surface area contributed by atoms with Crippen LogP contribution in [0.4, 0.5) is 15.3 Å². The zero-order valence-electron chi connectivity index (χ0n) is 15.1. The first-order chi connectivity index (χ1) is 13.7. The van der Waals surface area contributed by atoms with E-state index in [-0.39, 0.29) is 18.1 Å². The molecule has 4 heterocycles. The van der Waals surface area contributed by atoms with Crippen LogP contribution in [-0.4, -0.2) is 68.6 Å². The van der Waals surface area contributed by atoms with Crippen molar-refractivity contribution in [3.63, 3.8) is 0 Å². The second-order valence-corrected chi connectivity index (χ2v) is 6.92. The predicted molar refractivity (Wildman–Crippen MR) is 103 cm³/mol. The lowest BCUT2D eigenvalue weighted by atomic mass is 10.2. The molecule has 4 amide bonds. The summed E-state index contributed by atoms with van der Waals surface area (Å²) in [5.74, 6) is 0.732. The van der Waals surface area contributed by atoms with Crippen molar-refractivity contribution in [3.8, 4) is 5.82 Å². The highest BCUT2D eigenvalue weighted by Gasteiger charge is 2.36. The summed E-state index contributed by atoms with van der Waals surface area (Å²) in [7, 11) is 0. The molecule has 0 aliphatic carbocycles. The summed E-state index contributed by atoms with van der Waals surface area (Å²) in [4.78, 5) is 36.6. The van der Waals surface area contributed by atoms with Gasteiger partial charge in [-0.2, -0.15) is 0 Å². The van der Waals surface area contributed by atoms with Crippen LogP contribution in [0.5, 0.6) is 0 Å². The van der Waals surface area contributed by atoms with Crippen molar-refractivity contribution < 1.29 is 9.59 Å². The van der Waals surface area contributed by atoms with E-state index in [2.05, 4.69) is 20.6 Å². The number of fused-ring (bicyclic) bond motifs is 2. The third-order valence-electron chi connectivity index (χ3n) is 5.22. The third-order valence-corrected chi connectivity index (χ3v) is 5.22. The Bertz CT molecular complexity index is 1050. The standard InChI is InChI=1S/C19H19N7O2/c27-18-21-10-14-11-24(7-8-25(14)18)19(28)23-13-5-6-17(20-9-13)26-12-22-15-3-1-2-4-16(15)26/h1-6,9,12,14H,7-8,10-11H2,(H,21,27)(H,23,28)/t14-/m1/s1. The fourth-order valence-corrected chi connectivity index (χ4v) is 3.74. The topological polar surface area (TPSA) is 95.4 Å². The molecule has 0 spiro atoms. The Balaban J connectivity index is 1.27. The number of nitrogens with one attached hydrogen (secondary N) is 2. The number of aromatic nitrogens is 3. The lowest BCUT2D eigenvalue weighted by Crippen LogP contribution is -2.54. The molecule has 2 aliphatic rings. The molecular weight excluding hydrogens is 358 g/mol. The van der Waals surface area contributed by atoms with Crippen LogP contribution in [0.15, 0.2) is 48.9 Å². The molecule has 2 aliphatic heterocycles. The molecule has 2 aromatic heterocycles. The zero-order valence-corrected chi connectivity index (χ0v) is 15.1. The van der Waals surface area contributed by atoms with Gasteiger partial charge in [0.05, 0.1) is 29.0 Å². The van der Waals surface area contributed by atoms with E-state index in [1.165, 1.54) is 0 Å². The van der Waals surface area contributed by atoms with Crippen molar-refractivity contribution in [1.29, 1.82) is 0 Å². The first-order valence-corrected chi connectivity index (χ1v) is 9.18. The van der Waals surface area contributed by atoms with Crippen molar-refractivity contribution in [1.82, 2.24) is 29.7 Å². The smallest absolute Gasteiger partial charge is 0.322 e. The van der Waals surface area contributed by atoms with Gasteiger partial charge in [-0.1, -0.05) is 12.1 Å². The molecule has 1 aromatic carbocycles. The number of hydrogen-bond donors (Lipinski definition) is 2. The molecule has 9 heteroatoms. The van der Waals surface area contributed by atoms with Crippen molar-refractivity contribution in [2.24, 2.45) is 0 Å². The summed E-state index contributed by atoms with van der Waals surface area (Å²) < 4.78 is 1.91. The number of benzene rings is 1. The second kappa shape index (κ2) is 6.52. The zero-order chi connectivity index (χ0) is 19.1. The fraction of sp³-hybridized carbons (Fsp3) is 0.263. The van der Waals surface area contributed by atoms with E-state index in [1.807, 2.05) is 41.0 Å². The number of piperazine rings is 1. The Morgan fingerprint density at radius 3 is 2.89 bits per heavy atom. The first-order valence-electron chi connectivity index (χ1n) is 9.18. The van der Waals surface area contributed by atoms with Gasteiger partial charge in [-0.25, -0.2) is 19.6 Å². The van der Waals surface area contributed by atoms with Gasteiger partial charge >= 0.3 is 12.1 Å². The SMILES string of the molecule is O=C(Nc1ccc(-n2cnc3ccccc32)nc1)N1CCN2C(=O)NC[C@@H]2C1. The molecule has 142 valence electrons. The van der Waals surface area contributed by atoms with Gasteiger partial charge in [0, 0.05) is 26.2 Å². The average molecular weight is 377 g/mol. The summed E-state index contributed by atoms with van der Waals surface area (Å²) >= 11 is 0. The number of carbonyl (C=O) groups is 2. The maximum absolute atomic E-state index is 12.6. The van der Waals surface area contributed by atoms with Gasteiger partial charge in [0.25, 0.3) is 0 Å². The van der Waals surface area contributed by atoms with Crippen molar-refractivity contribution >= 4 is 28.8 Å². The molecule has 9 nitrogen and oxygen atoms in total. The van der Waals surface area contributed by atoms with Crippen LogP contribution in [0, 0.1) is 0 Å². The third kappa shape index (κ3) is 2.81. The molecule has 0 unspecified atom stereocenters. The molecule has 28 heavy (non-hydrogen) atoms. The summed E-state index contributed by atoms with van der Waals surface area (Å²) in [6.07, 6.45) is 3.38. The van der Waals surface area contributed by atoms with Gasteiger partial charge in [0.15, 0.2) is 0 Å². The normalized spacial score (nSPS) is 18.9. The van der Waals surface area contributed by atoms with Gasteiger partial charge in [0.1, 0.15) is 12.1 Å². The highest BCUT2D eigenvalue weighted by atomic mass is 16.2. The van der Waals surface area contributed by atoms with E-state index in [0.717, 1.165) is 16.9 Å². The Labute approximate surface area is 161 Å². The molecule has 2 fully saturated rings. The van der Waals surface area contributed by atoms with Crippen LogP contribution in [0.3, 0.4) is 0 Å². The first kappa shape index (κ1) is 16.5. The number of para-hydroxylation sites is 2. The summed E-state index contributed by atoms with van der Waals surface area (Å²) in [5, 5.41) is 5.70. The number of amides is 4. The highest BCUT2D eigenvalue weighted by Crippen LogP contribution is 2.19. The Kier molecular flexibility index (Phi) is 3.85. The lowest BCUT2D eigenvalue weighted by molar-refractivity contribution is 0.136. The van der Waals surface area contributed by atoms with E-state index >= 15 is 0 Å². The molecule has 2 N–H and O–H groups in total. The number of anilines is 1. The van der Waals surface area contributed by atoms with Gasteiger partial charge in [-0.3, -0.25) is 4.57 Å². The van der Waals surface area contributed by atoms with Crippen molar-refractivity contribution in [2.75, 3.05) is 31.5 Å². The van der Waals surface area contributed by atoms with E-state index in [4.69, 9.17) is 0 Å². The summed E-state index contributed by atoms with van der Waals surface area (Å²) in [6, 6.07) is 11.3. The van der Waals surface area contributed by atoms with E-state index in [0.29, 0.717) is 31.9 Å². The van der Waals surface area contributed by atoms with E-state index < -0.39 is 0 Å². The number of imidazole rings is 1. The molecule has 0 bridgehead atoms. The van der Waals surface area contributed by atoms with Gasteiger partial charge in [-0.05, 0) is 24.3 Å². The fourth-order valence-electron chi connectivity index (χ4n) is 3.74. The lowest BCUT2D eigenvalue weighted by Gasteiger charge is -2.36. The molecule has 3 aromatic rings. The minimum absolute atomic E-state index is 0.0435. The Morgan fingerprint density at radius 1 is 1.14 bits per heavy atom. The predicted octanol–water partition coefficient (Wildman–Crippen LogP) is 1.66. The van der Waals surface area contributed by atoms with Crippen LogP contribution in [0.2, 0.25) is 0 Å². The molecule has 0 saturated carbocycles. The van der Waals surface area contributed by atoms with Crippen LogP contribution in [-0.2, 0) is 0 Å². The Morgan fingerprint density at radius 2 is 2.04 bits per heavy atom. The van der Waals surface area contributed by atoms with Gasteiger partial charge in [-0.15, -0.1) is 0 Å². The number of pyridine rings is 1. The molecule has 5 rings (SSSR count). The number of rotatable bonds is 2. The highest BCUT2D eigenvalue weighted by molar-refractivity contribution is 5.89. The molecule has 1 atom stereocenters. The van der Waals surface area contributed by atoms with Crippen LogP contribution < -0.4 is 10.6 Å². The quantitative estimate of drug-likeness (QED) is 0.710. The summed E-state index contributed by atoms with van der Waals surface area (Å²) in [6.45, 7) is 2.17. The van der Waals surface area contributed by atoms with Crippen molar-refractivity contribution in [3.05, 3.63) is 48.9 Å². The maximum Gasteiger partial charge on any atom is 0.322 e. The molecule has 2 saturated heterocycles. The van der Waals surface area contributed by atoms with Crippen LogP contribution in [0.25, 0.3) is 16.9 Å². The number of carbonyl (C=O) groups excluding carboxylic acids is 2. The molecular formula is C19H19N7O2. The second-order valence-electron chi connectivity index (χ2n) is 6.92. The van der Waals surface area contributed by atoms with E-state index in [9.17, 15) is 9.59 Å². The Hall–Kier alpha value is -3.62. The average Bonchev–Trinajstić information content (AvgIpc) is 3.32. The van der Waals surface area contributed by atoms with E-state index in [1.54, 1.807) is 22.3 Å². The maximum atomic E-state index is 12.6. The van der Waals surface area contributed by atoms with Gasteiger partial charge < -0.3 is 20.4 Å². The monoisotopic (exact) mass is 377 g/mol. The number of hydrogen-bond acceptors (Lipinski definition) is 4. The minimum Gasteiger partial charge on any atom is -0.336 e. The van der Waals surface area contributed by atoms with Crippen LogP contribution >= 0.6 is 0 Å². The molecule has 0 radical (unpaired) electrons. The largest absolute Gasteiger partial charge is 0.336 e. The summed E-state index contributed by atoms with van der Waals surface area (Å²) in [5.41, 5.74) is 2.51. The van der Waals surface area contributed by atoms with Gasteiger partial charge in [0.2, 0.25) is 0 Å². The number of urea groups is 2.